The Kier molecular flexibility index (Phi) is 4.41. The SMILES string of the molecule is Cn1cc(SCC(=O)NCc2ccccc2)cn1. The van der Waals surface area contributed by atoms with Crippen molar-refractivity contribution in [2.45, 2.75) is 11.4 Å². The fraction of sp³-hybridized carbons (Fsp3) is 0.231. The predicted molar refractivity (Wildman–Crippen MR) is 72.2 cm³/mol. The molecule has 1 amide bonds. The van der Waals surface area contributed by atoms with Crippen LogP contribution in [-0.4, -0.2) is 21.4 Å². The van der Waals surface area contributed by atoms with Gasteiger partial charge in [-0.15, -0.1) is 11.8 Å². The van der Waals surface area contributed by atoms with E-state index in [9.17, 15) is 4.79 Å². The third kappa shape index (κ3) is 3.92. The minimum atomic E-state index is 0.0349. The summed E-state index contributed by atoms with van der Waals surface area (Å²) in [5.41, 5.74) is 1.11. The number of hydrogen-bond donors (Lipinski definition) is 1. The van der Waals surface area contributed by atoms with Crippen LogP contribution in [0.1, 0.15) is 5.56 Å². The largest absolute Gasteiger partial charge is 0.351 e. The molecule has 0 fully saturated rings. The molecule has 0 spiro atoms. The van der Waals surface area contributed by atoms with Crippen LogP contribution in [0.2, 0.25) is 0 Å². The van der Waals surface area contributed by atoms with Crippen molar-refractivity contribution < 1.29 is 4.79 Å². The van der Waals surface area contributed by atoms with Crippen molar-refractivity contribution in [2.24, 2.45) is 7.05 Å². The van der Waals surface area contributed by atoms with Gasteiger partial charge in [-0.25, -0.2) is 0 Å². The average molecular weight is 261 g/mol. The Labute approximate surface area is 110 Å². The Morgan fingerprint density at radius 2 is 2.17 bits per heavy atom. The van der Waals surface area contributed by atoms with Crippen LogP contribution in [0.15, 0.2) is 47.6 Å². The lowest BCUT2D eigenvalue weighted by atomic mass is 10.2. The first-order valence-electron chi connectivity index (χ1n) is 5.66. The number of thioether (sulfide) groups is 1. The van der Waals surface area contributed by atoms with E-state index >= 15 is 0 Å². The van der Waals surface area contributed by atoms with Crippen LogP contribution >= 0.6 is 11.8 Å². The van der Waals surface area contributed by atoms with Crippen molar-refractivity contribution in [3.8, 4) is 0 Å². The molecule has 2 rings (SSSR count). The van der Waals surface area contributed by atoms with Gasteiger partial charge in [0.15, 0.2) is 0 Å². The summed E-state index contributed by atoms with van der Waals surface area (Å²) in [6.07, 6.45) is 3.66. The average Bonchev–Trinajstić information content (AvgIpc) is 2.81. The Morgan fingerprint density at radius 1 is 1.39 bits per heavy atom. The first-order chi connectivity index (χ1) is 8.74. The van der Waals surface area contributed by atoms with E-state index in [0.29, 0.717) is 12.3 Å². The maximum Gasteiger partial charge on any atom is 0.230 e. The van der Waals surface area contributed by atoms with Crippen LogP contribution in [0.5, 0.6) is 0 Å². The summed E-state index contributed by atoms with van der Waals surface area (Å²) in [4.78, 5) is 12.6. The molecule has 0 saturated heterocycles. The highest BCUT2D eigenvalue weighted by Gasteiger charge is 2.03. The van der Waals surface area contributed by atoms with Crippen molar-refractivity contribution in [2.75, 3.05) is 5.75 Å². The number of aromatic nitrogens is 2. The second-order valence-corrected chi connectivity index (χ2v) is 4.95. The van der Waals surface area contributed by atoms with Crippen molar-refractivity contribution in [1.82, 2.24) is 15.1 Å². The molecule has 0 atom stereocenters. The Hall–Kier alpha value is -1.75. The van der Waals surface area contributed by atoms with Gasteiger partial charge in [-0.05, 0) is 5.56 Å². The summed E-state index contributed by atoms with van der Waals surface area (Å²) >= 11 is 1.49. The van der Waals surface area contributed by atoms with Gasteiger partial charge in [0.05, 0.1) is 11.9 Å². The summed E-state index contributed by atoms with van der Waals surface area (Å²) in [5, 5.41) is 6.94. The molecular formula is C13H15N3OS. The van der Waals surface area contributed by atoms with Crippen LogP contribution in [0.25, 0.3) is 0 Å². The van der Waals surface area contributed by atoms with Gasteiger partial charge in [0.1, 0.15) is 0 Å². The van der Waals surface area contributed by atoms with Gasteiger partial charge >= 0.3 is 0 Å². The van der Waals surface area contributed by atoms with E-state index in [-0.39, 0.29) is 5.91 Å². The molecule has 0 bridgehead atoms. The number of nitrogens with zero attached hydrogens (tertiary/aromatic N) is 2. The van der Waals surface area contributed by atoms with Crippen molar-refractivity contribution in [1.29, 1.82) is 0 Å². The second kappa shape index (κ2) is 6.26. The van der Waals surface area contributed by atoms with E-state index in [2.05, 4.69) is 10.4 Å². The number of benzene rings is 1. The van der Waals surface area contributed by atoms with Crippen molar-refractivity contribution >= 4 is 17.7 Å². The van der Waals surface area contributed by atoms with Gasteiger partial charge in [-0.1, -0.05) is 30.3 Å². The molecule has 1 heterocycles. The molecule has 0 saturated carbocycles. The lowest BCUT2D eigenvalue weighted by Gasteiger charge is -2.04. The van der Waals surface area contributed by atoms with Gasteiger partial charge in [0, 0.05) is 24.7 Å². The number of nitrogens with one attached hydrogen (secondary N) is 1. The zero-order valence-electron chi connectivity index (χ0n) is 10.2. The number of carbonyl (C=O) groups excluding carboxylic acids is 1. The van der Waals surface area contributed by atoms with Crippen molar-refractivity contribution in [3.05, 3.63) is 48.3 Å². The van der Waals surface area contributed by atoms with Gasteiger partial charge in [0.2, 0.25) is 5.91 Å². The van der Waals surface area contributed by atoms with Gasteiger partial charge in [0.25, 0.3) is 0 Å². The Bertz CT molecular complexity index is 510. The van der Waals surface area contributed by atoms with E-state index in [1.54, 1.807) is 10.9 Å². The highest BCUT2D eigenvalue weighted by atomic mass is 32.2. The maximum atomic E-state index is 11.6. The highest BCUT2D eigenvalue weighted by molar-refractivity contribution is 8.00. The number of carbonyl (C=O) groups is 1. The topological polar surface area (TPSA) is 46.9 Å². The molecule has 4 nitrogen and oxygen atoms in total. The molecule has 94 valence electrons. The van der Waals surface area contributed by atoms with E-state index in [1.807, 2.05) is 43.6 Å². The van der Waals surface area contributed by atoms with Crippen LogP contribution in [0, 0.1) is 0 Å². The fourth-order valence-electron chi connectivity index (χ4n) is 1.47. The zero-order valence-corrected chi connectivity index (χ0v) is 11.0. The Morgan fingerprint density at radius 3 is 2.83 bits per heavy atom. The lowest BCUT2D eigenvalue weighted by molar-refractivity contribution is -0.118. The fourth-order valence-corrected chi connectivity index (χ4v) is 2.22. The summed E-state index contributed by atoms with van der Waals surface area (Å²) in [7, 11) is 1.86. The molecule has 0 aliphatic carbocycles. The van der Waals surface area contributed by atoms with Gasteiger partial charge in [-0.2, -0.15) is 5.10 Å². The smallest absolute Gasteiger partial charge is 0.230 e. The minimum Gasteiger partial charge on any atom is -0.351 e. The Balaban J connectivity index is 1.73. The molecule has 0 radical (unpaired) electrons. The molecule has 1 aromatic heterocycles. The highest BCUT2D eigenvalue weighted by Crippen LogP contribution is 2.15. The van der Waals surface area contributed by atoms with E-state index in [0.717, 1.165) is 10.5 Å². The van der Waals surface area contributed by atoms with E-state index in [4.69, 9.17) is 0 Å². The number of aryl methyl sites for hydroxylation is 1. The molecule has 0 aliphatic heterocycles. The van der Waals surface area contributed by atoms with Crippen molar-refractivity contribution in [3.63, 3.8) is 0 Å². The van der Waals surface area contributed by atoms with Crippen LogP contribution in [0.3, 0.4) is 0 Å². The summed E-state index contributed by atoms with van der Waals surface area (Å²) in [6, 6.07) is 9.88. The molecule has 1 aromatic carbocycles. The normalized spacial score (nSPS) is 10.3. The maximum absolute atomic E-state index is 11.6. The number of amides is 1. The molecule has 2 aromatic rings. The summed E-state index contributed by atoms with van der Waals surface area (Å²) < 4.78 is 1.73. The van der Waals surface area contributed by atoms with Crippen LogP contribution < -0.4 is 5.32 Å². The molecular weight excluding hydrogens is 246 g/mol. The lowest BCUT2D eigenvalue weighted by Crippen LogP contribution is -2.24. The zero-order chi connectivity index (χ0) is 12.8. The minimum absolute atomic E-state index is 0.0349. The van der Waals surface area contributed by atoms with Crippen LogP contribution in [0.4, 0.5) is 0 Å². The van der Waals surface area contributed by atoms with Crippen LogP contribution in [-0.2, 0) is 18.4 Å². The summed E-state index contributed by atoms with van der Waals surface area (Å²) in [6.45, 7) is 0.577. The standard InChI is InChI=1S/C13H15N3OS/c1-16-9-12(8-15-16)18-10-13(17)14-7-11-5-3-2-4-6-11/h2-6,8-9H,7,10H2,1H3,(H,14,17). The number of rotatable bonds is 5. The van der Waals surface area contributed by atoms with Gasteiger partial charge < -0.3 is 5.32 Å². The van der Waals surface area contributed by atoms with E-state index in [1.165, 1.54) is 11.8 Å². The number of hydrogen-bond acceptors (Lipinski definition) is 3. The monoisotopic (exact) mass is 261 g/mol. The quantitative estimate of drug-likeness (QED) is 0.835. The first kappa shape index (κ1) is 12.7. The second-order valence-electron chi connectivity index (χ2n) is 3.90. The molecule has 5 heteroatoms. The molecule has 0 unspecified atom stereocenters. The molecule has 0 aliphatic rings. The van der Waals surface area contributed by atoms with Gasteiger partial charge in [-0.3, -0.25) is 9.48 Å². The molecule has 1 N–H and O–H groups in total. The third-order valence-corrected chi connectivity index (χ3v) is 3.33. The molecule has 18 heavy (non-hydrogen) atoms. The predicted octanol–water partition coefficient (Wildman–Crippen LogP) is 1.83. The third-order valence-electron chi connectivity index (χ3n) is 2.38. The summed E-state index contributed by atoms with van der Waals surface area (Å²) in [5.74, 6) is 0.450. The first-order valence-corrected chi connectivity index (χ1v) is 6.64. The van der Waals surface area contributed by atoms with E-state index < -0.39 is 0 Å².